The van der Waals surface area contributed by atoms with E-state index in [9.17, 15) is 13.2 Å². The van der Waals surface area contributed by atoms with Gasteiger partial charge in [-0.2, -0.15) is 4.31 Å². The highest BCUT2D eigenvalue weighted by molar-refractivity contribution is 7.88. The molecule has 0 aliphatic carbocycles. The van der Waals surface area contributed by atoms with Crippen molar-refractivity contribution in [1.82, 2.24) is 4.31 Å². The first-order valence-electron chi connectivity index (χ1n) is 6.37. The summed E-state index contributed by atoms with van der Waals surface area (Å²) in [5, 5.41) is 3.11. The van der Waals surface area contributed by atoms with Crippen LogP contribution in [0.1, 0.15) is 20.3 Å². The smallest absolute Gasteiger partial charge is 0.239 e. The van der Waals surface area contributed by atoms with Crippen LogP contribution in [0.3, 0.4) is 0 Å². The molecule has 0 aromatic heterocycles. The number of sulfonamides is 1. The fraction of sp³-hybridized carbons (Fsp3) is 0.462. The molecule has 0 fully saturated rings. The zero-order valence-electron chi connectivity index (χ0n) is 12.1. The van der Waals surface area contributed by atoms with Crippen molar-refractivity contribution in [2.24, 2.45) is 0 Å². The van der Waals surface area contributed by atoms with Crippen LogP contribution in [0.4, 0.5) is 5.69 Å². The molecule has 1 N–H and O–H groups in total. The normalized spacial score (nSPS) is 13.2. The van der Waals surface area contributed by atoms with Gasteiger partial charge in [-0.1, -0.05) is 36.2 Å². The summed E-state index contributed by atoms with van der Waals surface area (Å²) in [6, 6.07) is 4.58. The van der Waals surface area contributed by atoms with Crippen LogP contribution in [0.5, 0.6) is 0 Å². The SMILES string of the molecule is CCC(C)N(CC(=O)Nc1cccc(Cl)c1Cl)S(C)(=O)=O. The fourth-order valence-electron chi connectivity index (χ4n) is 1.74. The third kappa shape index (κ3) is 5.14. The number of hydrogen-bond donors (Lipinski definition) is 1. The highest BCUT2D eigenvalue weighted by atomic mass is 35.5. The van der Waals surface area contributed by atoms with Crippen LogP contribution in [0.2, 0.25) is 10.0 Å². The molecule has 0 heterocycles. The number of carbonyl (C=O) groups excluding carboxylic acids is 1. The van der Waals surface area contributed by atoms with Crippen molar-refractivity contribution in [1.29, 1.82) is 0 Å². The molecular formula is C13H18Cl2N2O3S. The van der Waals surface area contributed by atoms with E-state index in [0.29, 0.717) is 17.1 Å². The number of rotatable bonds is 6. The van der Waals surface area contributed by atoms with E-state index in [0.717, 1.165) is 10.6 Å². The predicted molar refractivity (Wildman–Crippen MR) is 86.4 cm³/mol. The topological polar surface area (TPSA) is 66.5 Å². The maximum atomic E-state index is 12.0. The van der Waals surface area contributed by atoms with E-state index in [1.54, 1.807) is 25.1 Å². The van der Waals surface area contributed by atoms with Gasteiger partial charge in [0.15, 0.2) is 0 Å². The van der Waals surface area contributed by atoms with Crippen LogP contribution in [0.15, 0.2) is 18.2 Å². The van der Waals surface area contributed by atoms with Crippen LogP contribution in [0, 0.1) is 0 Å². The Bertz CT molecular complexity index is 620. The molecule has 5 nitrogen and oxygen atoms in total. The molecule has 0 bridgehead atoms. The van der Waals surface area contributed by atoms with Gasteiger partial charge in [0.05, 0.1) is 28.5 Å². The third-order valence-corrected chi connectivity index (χ3v) is 5.19. The summed E-state index contributed by atoms with van der Waals surface area (Å²) in [7, 11) is -3.47. The minimum Gasteiger partial charge on any atom is -0.324 e. The second-order valence-electron chi connectivity index (χ2n) is 4.72. The van der Waals surface area contributed by atoms with E-state index in [-0.39, 0.29) is 17.6 Å². The lowest BCUT2D eigenvalue weighted by atomic mass is 10.2. The Morgan fingerprint density at radius 3 is 2.52 bits per heavy atom. The van der Waals surface area contributed by atoms with Crippen molar-refractivity contribution >= 4 is 44.8 Å². The van der Waals surface area contributed by atoms with E-state index in [2.05, 4.69) is 5.32 Å². The molecule has 118 valence electrons. The second-order valence-corrected chi connectivity index (χ2v) is 7.44. The van der Waals surface area contributed by atoms with Crippen LogP contribution in [-0.4, -0.2) is 37.5 Å². The molecule has 21 heavy (non-hydrogen) atoms. The summed E-state index contributed by atoms with van der Waals surface area (Å²) in [4.78, 5) is 12.0. The molecule has 8 heteroatoms. The average molecular weight is 353 g/mol. The Kier molecular flexibility index (Phi) is 6.46. The maximum Gasteiger partial charge on any atom is 0.239 e. The van der Waals surface area contributed by atoms with Crippen LogP contribution < -0.4 is 5.32 Å². The summed E-state index contributed by atoms with van der Waals surface area (Å²) in [5.74, 6) is -0.468. The number of carbonyl (C=O) groups is 1. The monoisotopic (exact) mass is 352 g/mol. The van der Waals surface area contributed by atoms with E-state index in [4.69, 9.17) is 23.2 Å². The van der Waals surface area contributed by atoms with Gasteiger partial charge in [-0.3, -0.25) is 4.79 Å². The lowest BCUT2D eigenvalue weighted by Crippen LogP contribution is -2.42. The van der Waals surface area contributed by atoms with Crippen molar-refractivity contribution in [2.75, 3.05) is 18.1 Å². The predicted octanol–water partition coefficient (Wildman–Crippen LogP) is 2.99. The van der Waals surface area contributed by atoms with Crippen molar-refractivity contribution in [3.05, 3.63) is 28.2 Å². The van der Waals surface area contributed by atoms with E-state index in [1.807, 2.05) is 6.92 Å². The summed E-state index contributed by atoms with van der Waals surface area (Å²) < 4.78 is 24.6. The number of benzene rings is 1. The zero-order valence-corrected chi connectivity index (χ0v) is 14.4. The fourth-order valence-corrected chi connectivity index (χ4v) is 3.24. The Balaban J connectivity index is 2.86. The summed E-state index contributed by atoms with van der Waals surface area (Å²) in [6.07, 6.45) is 1.69. The van der Waals surface area contributed by atoms with Gasteiger partial charge in [0.2, 0.25) is 15.9 Å². The van der Waals surface area contributed by atoms with E-state index < -0.39 is 15.9 Å². The number of halogens is 2. The number of anilines is 1. The van der Waals surface area contributed by atoms with Gasteiger partial charge in [0.1, 0.15) is 0 Å². The molecule has 1 aromatic carbocycles. The van der Waals surface area contributed by atoms with Gasteiger partial charge in [-0.15, -0.1) is 0 Å². The molecule has 0 saturated heterocycles. The largest absolute Gasteiger partial charge is 0.324 e. The molecule has 0 radical (unpaired) electrons. The minimum absolute atomic E-state index is 0.224. The Labute approximate surface area is 135 Å². The average Bonchev–Trinajstić information content (AvgIpc) is 2.39. The van der Waals surface area contributed by atoms with Crippen LogP contribution in [0.25, 0.3) is 0 Å². The Hall–Kier alpha value is -0.820. The summed E-state index contributed by atoms with van der Waals surface area (Å²) >= 11 is 11.8. The van der Waals surface area contributed by atoms with Gasteiger partial charge in [0, 0.05) is 6.04 Å². The highest BCUT2D eigenvalue weighted by Crippen LogP contribution is 2.29. The molecule has 1 atom stereocenters. The summed E-state index contributed by atoms with van der Waals surface area (Å²) in [5.41, 5.74) is 0.353. The first-order chi connectivity index (χ1) is 9.66. The molecule has 1 amide bonds. The third-order valence-electron chi connectivity index (χ3n) is 3.03. The van der Waals surface area contributed by atoms with E-state index in [1.165, 1.54) is 0 Å². The number of nitrogens with one attached hydrogen (secondary N) is 1. The maximum absolute atomic E-state index is 12.0. The standard InChI is InChI=1S/C13H18Cl2N2O3S/c1-4-9(2)17(21(3,19)20)8-12(18)16-11-7-5-6-10(14)13(11)15/h5-7,9H,4,8H2,1-3H3,(H,16,18). The lowest BCUT2D eigenvalue weighted by Gasteiger charge is -2.25. The van der Waals surface area contributed by atoms with Crippen molar-refractivity contribution in [2.45, 2.75) is 26.3 Å². The van der Waals surface area contributed by atoms with E-state index >= 15 is 0 Å². The highest BCUT2D eigenvalue weighted by Gasteiger charge is 2.25. The van der Waals surface area contributed by atoms with Gasteiger partial charge >= 0.3 is 0 Å². The molecule has 0 spiro atoms. The molecule has 1 aromatic rings. The summed E-state index contributed by atoms with van der Waals surface area (Å²) in [6.45, 7) is 3.34. The van der Waals surface area contributed by atoms with Crippen molar-refractivity contribution < 1.29 is 13.2 Å². The van der Waals surface area contributed by atoms with Crippen LogP contribution in [-0.2, 0) is 14.8 Å². The molecule has 1 unspecified atom stereocenters. The molecule has 0 aliphatic heterocycles. The van der Waals surface area contributed by atoms with Crippen LogP contribution >= 0.6 is 23.2 Å². The van der Waals surface area contributed by atoms with Gasteiger partial charge in [-0.25, -0.2) is 8.42 Å². The quantitative estimate of drug-likeness (QED) is 0.855. The van der Waals surface area contributed by atoms with Crippen molar-refractivity contribution in [3.63, 3.8) is 0 Å². The molecule has 1 rings (SSSR count). The Morgan fingerprint density at radius 1 is 1.38 bits per heavy atom. The first kappa shape index (κ1) is 18.2. The first-order valence-corrected chi connectivity index (χ1v) is 8.98. The van der Waals surface area contributed by atoms with Gasteiger partial charge in [0.25, 0.3) is 0 Å². The lowest BCUT2D eigenvalue weighted by molar-refractivity contribution is -0.116. The van der Waals surface area contributed by atoms with Gasteiger partial charge in [-0.05, 0) is 25.5 Å². The molecule has 0 saturated carbocycles. The van der Waals surface area contributed by atoms with Gasteiger partial charge < -0.3 is 5.32 Å². The number of nitrogens with zero attached hydrogens (tertiary/aromatic N) is 1. The number of amides is 1. The Morgan fingerprint density at radius 2 is 2.00 bits per heavy atom. The molecule has 0 aliphatic rings. The number of hydrogen-bond acceptors (Lipinski definition) is 3. The molecular weight excluding hydrogens is 335 g/mol. The second kappa shape index (κ2) is 7.45. The zero-order chi connectivity index (χ0) is 16.2. The minimum atomic E-state index is -3.47. The van der Waals surface area contributed by atoms with Crippen molar-refractivity contribution in [3.8, 4) is 0 Å².